The van der Waals surface area contributed by atoms with Crippen molar-refractivity contribution in [3.05, 3.63) is 34.9 Å². The van der Waals surface area contributed by atoms with Gasteiger partial charge in [-0.15, -0.1) is 0 Å². The Morgan fingerprint density at radius 1 is 1.03 bits per heavy atom. The van der Waals surface area contributed by atoms with E-state index in [4.69, 9.17) is 5.73 Å². The summed E-state index contributed by atoms with van der Waals surface area (Å²) in [5.41, 5.74) is 2.25. The summed E-state index contributed by atoms with van der Waals surface area (Å²) in [6.07, 6.45) is -6.87. The maximum atomic E-state index is 13.4. The van der Waals surface area contributed by atoms with Gasteiger partial charge in [0.25, 0.3) is 0 Å². The van der Waals surface area contributed by atoms with E-state index in [0.717, 1.165) is 12.1 Å². The maximum Gasteiger partial charge on any atom is 0.416 e. The molecule has 0 radical (unpaired) electrons. The first-order chi connectivity index (χ1) is 15.6. The number of amidine groups is 1. The fourth-order valence-electron chi connectivity index (χ4n) is 5.07. The largest absolute Gasteiger partial charge is 0.416 e. The van der Waals surface area contributed by atoms with Gasteiger partial charge in [0.05, 0.1) is 36.2 Å². The van der Waals surface area contributed by atoms with Crippen LogP contribution in [0.5, 0.6) is 0 Å². The van der Waals surface area contributed by atoms with Crippen molar-refractivity contribution >= 4 is 18.0 Å². The van der Waals surface area contributed by atoms with Crippen molar-refractivity contribution in [2.24, 2.45) is 27.1 Å². The third-order valence-corrected chi connectivity index (χ3v) is 6.69. The normalized spacial score (nSPS) is 25.6. The molecule has 34 heavy (non-hydrogen) atoms. The lowest BCUT2D eigenvalue weighted by atomic mass is 9.71. The van der Waals surface area contributed by atoms with Crippen LogP contribution < -0.4 is 5.73 Å². The van der Waals surface area contributed by atoms with E-state index in [9.17, 15) is 31.1 Å². The average Bonchev–Trinajstić information content (AvgIpc) is 3.20. The van der Waals surface area contributed by atoms with Crippen LogP contribution in [0.15, 0.2) is 28.2 Å². The fourth-order valence-corrected chi connectivity index (χ4v) is 5.07. The smallest absolute Gasteiger partial charge is 0.369 e. The highest BCUT2D eigenvalue weighted by Crippen LogP contribution is 2.42. The number of alkyl halides is 6. The van der Waals surface area contributed by atoms with Gasteiger partial charge >= 0.3 is 12.4 Å². The summed E-state index contributed by atoms with van der Waals surface area (Å²) >= 11 is 0. The molecule has 2 N–H and O–H groups in total. The number of hydrogen-bond donors (Lipinski definition) is 1. The van der Waals surface area contributed by atoms with E-state index >= 15 is 0 Å². The van der Waals surface area contributed by atoms with Crippen molar-refractivity contribution < 1.29 is 35.6 Å². The van der Waals surface area contributed by atoms with E-state index in [1.807, 2.05) is 13.8 Å². The molecule has 1 amide bonds. The number of hydrogen-bond acceptors (Lipinski definition) is 3. The van der Waals surface area contributed by atoms with Crippen molar-refractivity contribution in [1.82, 2.24) is 0 Å². The monoisotopic (exact) mass is 491 g/mol. The maximum absolute atomic E-state index is 13.4. The number of nitrogens with zero attached hydrogens (tertiary/aromatic N) is 3. The van der Waals surface area contributed by atoms with Gasteiger partial charge < -0.3 is 10.2 Å². The van der Waals surface area contributed by atoms with Gasteiger partial charge in [0.15, 0.2) is 5.84 Å². The number of piperidine rings is 1. The molecule has 2 aliphatic heterocycles. The number of rotatable bonds is 7. The SMILES string of the molecule is CC(C)CC1(C(N)=O)CC[N+](CC2=NCC=N2)(Cc2cc(C(F)(F)F)cc(C(F)(F)F)c2)CC1. The Bertz CT molecular complexity index is 940. The summed E-state index contributed by atoms with van der Waals surface area (Å²) in [5.74, 6) is 0.279. The Hall–Kier alpha value is -2.43. The zero-order valence-electron chi connectivity index (χ0n) is 19.1. The fraction of sp³-hybridized carbons (Fsp3) is 0.609. The Labute approximate surface area is 194 Å². The number of benzene rings is 1. The standard InChI is InChI=1S/C23H28F6N4O/c1-15(2)12-21(20(30)34)3-7-33(8-4-21,14-19-31-5-6-32-19)13-16-9-17(22(24,25)26)11-18(10-16)23(27,28)29/h5,9-11,15H,3-4,6-8,12-14H2,1-2H3,(H-,30,34)/p+1. The highest BCUT2D eigenvalue weighted by atomic mass is 19.4. The van der Waals surface area contributed by atoms with Crippen LogP contribution in [0.25, 0.3) is 0 Å². The summed E-state index contributed by atoms with van der Waals surface area (Å²) in [7, 11) is 0. The van der Waals surface area contributed by atoms with Crippen molar-refractivity contribution in [2.75, 3.05) is 26.2 Å². The number of primary amides is 1. The molecule has 3 rings (SSSR count). The van der Waals surface area contributed by atoms with Crippen LogP contribution >= 0.6 is 0 Å². The first-order valence-corrected chi connectivity index (χ1v) is 11.1. The van der Waals surface area contributed by atoms with Crippen LogP contribution in [-0.2, 0) is 23.7 Å². The number of amides is 1. The first-order valence-electron chi connectivity index (χ1n) is 11.1. The molecule has 1 saturated heterocycles. The highest BCUT2D eigenvalue weighted by molar-refractivity contribution is 5.95. The summed E-state index contributed by atoms with van der Waals surface area (Å²) in [5, 5.41) is 0. The number of quaternary nitrogens is 1. The Kier molecular flexibility index (Phi) is 7.17. The highest BCUT2D eigenvalue weighted by Gasteiger charge is 2.47. The molecule has 188 valence electrons. The number of aliphatic imine (C=N–C) groups is 2. The second kappa shape index (κ2) is 9.31. The van der Waals surface area contributed by atoms with Gasteiger partial charge in [-0.25, -0.2) is 4.99 Å². The van der Waals surface area contributed by atoms with E-state index in [0.29, 0.717) is 44.7 Å². The molecular weight excluding hydrogens is 462 g/mol. The number of halogens is 6. The molecule has 2 heterocycles. The molecule has 0 aliphatic carbocycles. The molecule has 0 atom stereocenters. The van der Waals surface area contributed by atoms with E-state index in [-0.39, 0.29) is 35.1 Å². The van der Waals surface area contributed by atoms with Gasteiger partial charge in [0.1, 0.15) is 13.1 Å². The second-order valence-electron chi connectivity index (χ2n) is 9.83. The summed E-state index contributed by atoms with van der Waals surface area (Å²) in [4.78, 5) is 20.8. The molecule has 0 unspecified atom stereocenters. The van der Waals surface area contributed by atoms with Crippen molar-refractivity contribution in [1.29, 1.82) is 0 Å². The molecule has 0 aromatic heterocycles. The van der Waals surface area contributed by atoms with Gasteiger partial charge in [-0.3, -0.25) is 9.79 Å². The third-order valence-electron chi connectivity index (χ3n) is 6.69. The lowest BCUT2D eigenvalue weighted by Gasteiger charge is -2.47. The molecule has 11 heteroatoms. The molecule has 0 bridgehead atoms. The van der Waals surface area contributed by atoms with E-state index in [1.54, 1.807) is 6.21 Å². The van der Waals surface area contributed by atoms with E-state index in [2.05, 4.69) is 9.98 Å². The topological polar surface area (TPSA) is 67.8 Å². The minimum absolute atomic E-state index is 0.0693. The number of carbonyl (C=O) groups is 1. The minimum Gasteiger partial charge on any atom is -0.369 e. The van der Waals surface area contributed by atoms with Gasteiger partial charge in [0, 0.05) is 24.6 Å². The summed E-state index contributed by atoms with van der Waals surface area (Å²) in [6, 6.07) is 1.69. The zero-order chi connectivity index (χ0) is 25.4. The van der Waals surface area contributed by atoms with Crippen LogP contribution in [-0.4, -0.2) is 48.6 Å². The molecule has 1 aromatic carbocycles. The molecule has 0 saturated carbocycles. The molecule has 0 spiro atoms. The summed E-state index contributed by atoms with van der Waals surface area (Å²) in [6.45, 7) is 5.25. The van der Waals surface area contributed by atoms with Crippen LogP contribution in [0, 0.1) is 11.3 Å². The third kappa shape index (κ3) is 5.97. The second-order valence-corrected chi connectivity index (χ2v) is 9.83. The Morgan fingerprint density at radius 2 is 1.59 bits per heavy atom. The zero-order valence-corrected chi connectivity index (χ0v) is 19.1. The van der Waals surface area contributed by atoms with Gasteiger partial charge in [-0.05, 0) is 30.5 Å². The van der Waals surface area contributed by atoms with E-state index in [1.165, 1.54) is 0 Å². The van der Waals surface area contributed by atoms with Gasteiger partial charge in [-0.1, -0.05) is 13.8 Å². The number of nitrogens with two attached hydrogens (primary N) is 1. The van der Waals surface area contributed by atoms with Crippen molar-refractivity contribution in [3.63, 3.8) is 0 Å². The van der Waals surface area contributed by atoms with Crippen LogP contribution in [0.3, 0.4) is 0 Å². The molecule has 1 fully saturated rings. The molecule has 5 nitrogen and oxygen atoms in total. The quantitative estimate of drug-likeness (QED) is 0.431. The summed E-state index contributed by atoms with van der Waals surface area (Å²) < 4.78 is 80.5. The lowest BCUT2D eigenvalue weighted by molar-refractivity contribution is -0.939. The molecule has 2 aliphatic rings. The number of carbonyl (C=O) groups excluding carboxylic acids is 1. The predicted molar refractivity (Wildman–Crippen MR) is 116 cm³/mol. The van der Waals surface area contributed by atoms with Gasteiger partial charge in [-0.2, -0.15) is 26.3 Å². The number of likely N-dealkylation sites (tertiary alicyclic amines) is 1. The van der Waals surface area contributed by atoms with E-state index < -0.39 is 34.8 Å². The van der Waals surface area contributed by atoms with Gasteiger partial charge in [0.2, 0.25) is 5.91 Å². The molecule has 1 aromatic rings. The average molecular weight is 492 g/mol. The van der Waals surface area contributed by atoms with Crippen molar-refractivity contribution in [2.45, 2.75) is 52.0 Å². The first kappa shape index (κ1) is 26.2. The Morgan fingerprint density at radius 3 is 2.00 bits per heavy atom. The van der Waals surface area contributed by atoms with Crippen molar-refractivity contribution in [3.8, 4) is 0 Å². The van der Waals surface area contributed by atoms with Crippen LogP contribution in [0.1, 0.15) is 49.8 Å². The lowest BCUT2D eigenvalue weighted by Crippen LogP contribution is -2.59. The predicted octanol–water partition coefficient (Wildman–Crippen LogP) is 4.84. The van der Waals surface area contributed by atoms with Crippen LogP contribution in [0.4, 0.5) is 26.3 Å². The molecular formula is C23H29F6N4O+. The Balaban J connectivity index is 1.98. The minimum atomic E-state index is -4.92. The van der Waals surface area contributed by atoms with Crippen LogP contribution in [0.2, 0.25) is 0 Å².